The maximum absolute atomic E-state index is 12.1. The molecule has 104 valence electrons. The van der Waals surface area contributed by atoms with Gasteiger partial charge in [-0.1, -0.05) is 11.6 Å². The van der Waals surface area contributed by atoms with Gasteiger partial charge in [0.1, 0.15) is 5.56 Å². The molecular weight excluding hydrogens is 294 g/mol. The standard InChI is InChI=1S/C6H4ClF9O/c1-2(7)17-3(4(8,9)10,5(11,12)13)6(14,15)16/h2H,1H3. The van der Waals surface area contributed by atoms with E-state index in [1.165, 1.54) is 0 Å². The fraction of sp³-hybridized carbons (Fsp3) is 1.00. The van der Waals surface area contributed by atoms with E-state index in [1.54, 1.807) is 0 Å². The lowest BCUT2D eigenvalue weighted by molar-refractivity contribution is -0.459. The Morgan fingerprint density at radius 1 is 0.765 bits per heavy atom. The first-order valence-electron chi connectivity index (χ1n) is 3.69. The van der Waals surface area contributed by atoms with E-state index in [9.17, 15) is 39.5 Å². The van der Waals surface area contributed by atoms with Crippen molar-refractivity contribution < 1.29 is 44.3 Å². The summed E-state index contributed by atoms with van der Waals surface area (Å²) >= 11 is 4.66. The van der Waals surface area contributed by atoms with Gasteiger partial charge in [-0.15, -0.1) is 0 Å². The van der Waals surface area contributed by atoms with Crippen LogP contribution in [-0.4, -0.2) is 29.7 Å². The van der Waals surface area contributed by atoms with Gasteiger partial charge in [0.2, 0.25) is 0 Å². The lowest BCUT2D eigenvalue weighted by Gasteiger charge is -2.38. The van der Waals surface area contributed by atoms with E-state index < -0.39 is 29.7 Å². The van der Waals surface area contributed by atoms with Gasteiger partial charge in [0.25, 0.3) is 0 Å². The number of alkyl halides is 10. The number of hydrogen-bond donors (Lipinski definition) is 0. The van der Waals surface area contributed by atoms with Crippen LogP contribution < -0.4 is 0 Å². The van der Waals surface area contributed by atoms with Crippen LogP contribution in [0.4, 0.5) is 39.5 Å². The zero-order valence-corrected chi connectivity index (χ0v) is 8.52. The molecule has 0 spiro atoms. The Morgan fingerprint density at radius 2 is 1.00 bits per heavy atom. The van der Waals surface area contributed by atoms with Crippen molar-refractivity contribution in [2.75, 3.05) is 0 Å². The Bertz CT molecular complexity index is 226. The van der Waals surface area contributed by atoms with Crippen molar-refractivity contribution in [1.82, 2.24) is 0 Å². The summed E-state index contributed by atoms with van der Waals surface area (Å²) in [7, 11) is 0. The van der Waals surface area contributed by atoms with E-state index in [1.807, 2.05) is 0 Å². The van der Waals surface area contributed by atoms with Crippen LogP contribution >= 0.6 is 11.6 Å². The predicted octanol–water partition coefficient (Wildman–Crippen LogP) is 4.01. The topological polar surface area (TPSA) is 9.23 Å². The highest BCUT2D eigenvalue weighted by molar-refractivity contribution is 6.19. The molecule has 17 heavy (non-hydrogen) atoms. The molecule has 0 N–H and O–H groups in total. The monoisotopic (exact) mass is 298 g/mol. The van der Waals surface area contributed by atoms with Crippen molar-refractivity contribution in [3.8, 4) is 0 Å². The van der Waals surface area contributed by atoms with Gasteiger partial charge in [0.05, 0.1) is 0 Å². The molecule has 0 saturated heterocycles. The zero-order valence-electron chi connectivity index (χ0n) is 7.77. The maximum Gasteiger partial charge on any atom is 0.435 e. The van der Waals surface area contributed by atoms with Crippen LogP contribution in [-0.2, 0) is 4.74 Å². The summed E-state index contributed by atoms with van der Waals surface area (Å²) in [6.45, 7) is 0.402. The normalized spacial score (nSPS) is 17.1. The lowest BCUT2D eigenvalue weighted by atomic mass is 10.0. The van der Waals surface area contributed by atoms with Crippen LogP contribution in [0.1, 0.15) is 6.92 Å². The van der Waals surface area contributed by atoms with Gasteiger partial charge in [-0.3, -0.25) is 0 Å². The highest BCUT2D eigenvalue weighted by Gasteiger charge is 2.85. The Labute approximate surface area is 93.5 Å². The van der Waals surface area contributed by atoms with Gasteiger partial charge in [-0.25, -0.2) is 0 Å². The van der Waals surface area contributed by atoms with Crippen molar-refractivity contribution in [3.05, 3.63) is 0 Å². The molecule has 0 aromatic heterocycles. The van der Waals surface area contributed by atoms with Crippen LogP contribution in [0.25, 0.3) is 0 Å². The molecule has 0 radical (unpaired) electrons. The van der Waals surface area contributed by atoms with E-state index in [-0.39, 0.29) is 0 Å². The minimum Gasteiger partial charge on any atom is -0.332 e. The molecule has 0 bridgehead atoms. The van der Waals surface area contributed by atoms with Crippen LogP contribution in [0.5, 0.6) is 0 Å². The predicted molar refractivity (Wildman–Crippen MR) is 37.3 cm³/mol. The average Bonchev–Trinajstić information content (AvgIpc) is 1.91. The third kappa shape index (κ3) is 2.90. The molecule has 0 saturated carbocycles. The van der Waals surface area contributed by atoms with E-state index in [0.29, 0.717) is 6.92 Å². The molecule has 0 aliphatic rings. The van der Waals surface area contributed by atoms with Gasteiger partial charge in [-0.05, 0) is 6.92 Å². The zero-order chi connectivity index (χ0) is 14.3. The molecule has 1 unspecified atom stereocenters. The van der Waals surface area contributed by atoms with Crippen molar-refractivity contribution in [2.45, 2.75) is 36.6 Å². The first-order valence-corrected chi connectivity index (χ1v) is 4.12. The first-order chi connectivity index (χ1) is 7.17. The second-order valence-corrected chi connectivity index (χ2v) is 3.45. The molecule has 0 aliphatic carbocycles. The Morgan fingerprint density at radius 3 is 1.06 bits per heavy atom. The molecule has 0 amide bonds. The Hall–Kier alpha value is -0.380. The molecular formula is C6H4ClF9O. The van der Waals surface area contributed by atoms with E-state index in [2.05, 4.69) is 16.3 Å². The average molecular weight is 299 g/mol. The minimum absolute atomic E-state index is 0.402. The minimum atomic E-state index is -6.74. The Balaban J connectivity index is 5.93. The summed E-state index contributed by atoms with van der Waals surface area (Å²) in [6, 6.07) is 0. The van der Waals surface area contributed by atoms with Crippen LogP contribution in [0.3, 0.4) is 0 Å². The molecule has 0 aromatic rings. The van der Waals surface area contributed by atoms with E-state index in [0.717, 1.165) is 0 Å². The maximum atomic E-state index is 12.1. The molecule has 1 nitrogen and oxygen atoms in total. The summed E-state index contributed by atoms with van der Waals surface area (Å²) in [6.07, 6.45) is -20.2. The van der Waals surface area contributed by atoms with E-state index in [4.69, 9.17) is 0 Å². The third-order valence-corrected chi connectivity index (χ3v) is 1.63. The molecule has 0 aliphatic heterocycles. The van der Waals surface area contributed by atoms with Crippen molar-refractivity contribution in [2.24, 2.45) is 0 Å². The molecule has 11 heteroatoms. The number of halogens is 10. The second-order valence-electron chi connectivity index (χ2n) is 2.84. The fourth-order valence-electron chi connectivity index (χ4n) is 0.926. The molecule has 0 aromatic carbocycles. The summed E-state index contributed by atoms with van der Waals surface area (Å²) < 4.78 is 112. The van der Waals surface area contributed by atoms with Gasteiger partial charge >= 0.3 is 24.1 Å². The van der Waals surface area contributed by atoms with Gasteiger partial charge in [-0.2, -0.15) is 39.5 Å². The van der Waals surface area contributed by atoms with Crippen LogP contribution in [0.15, 0.2) is 0 Å². The smallest absolute Gasteiger partial charge is 0.332 e. The second kappa shape index (κ2) is 4.38. The summed E-state index contributed by atoms with van der Waals surface area (Å²) in [5.74, 6) is 0. The van der Waals surface area contributed by atoms with E-state index >= 15 is 0 Å². The van der Waals surface area contributed by atoms with Crippen LogP contribution in [0.2, 0.25) is 0 Å². The third-order valence-electron chi connectivity index (χ3n) is 1.54. The van der Waals surface area contributed by atoms with Crippen molar-refractivity contribution in [1.29, 1.82) is 0 Å². The SMILES string of the molecule is CC(Cl)OC(C(F)(F)F)(C(F)(F)F)C(F)(F)F. The van der Waals surface area contributed by atoms with Crippen molar-refractivity contribution in [3.63, 3.8) is 0 Å². The molecule has 1 atom stereocenters. The first kappa shape index (κ1) is 16.6. The van der Waals surface area contributed by atoms with Crippen molar-refractivity contribution >= 4 is 11.6 Å². The van der Waals surface area contributed by atoms with Gasteiger partial charge in [0.15, 0.2) is 0 Å². The highest BCUT2D eigenvalue weighted by Crippen LogP contribution is 2.55. The molecule has 0 rings (SSSR count). The Kier molecular flexibility index (Phi) is 4.28. The summed E-state index contributed by atoms with van der Waals surface area (Å²) in [5, 5.41) is 0. The largest absolute Gasteiger partial charge is 0.435 e. The highest BCUT2D eigenvalue weighted by atomic mass is 35.5. The number of ether oxygens (including phenoxy) is 1. The number of rotatable bonds is 2. The summed E-state index contributed by atoms with van der Waals surface area (Å²) in [4.78, 5) is 0. The molecule has 0 fully saturated rings. The number of hydrogen-bond acceptors (Lipinski definition) is 1. The van der Waals surface area contributed by atoms with Crippen LogP contribution in [0, 0.1) is 0 Å². The lowest BCUT2D eigenvalue weighted by Crippen LogP contribution is -2.68. The fourth-order valence-corrected chi connectivity index (χ4v) is 1.06. The van der Waals surface area contributed by atoms with Gasteiger partial charge in [0, 0.05) is 0 Å². The quantitative estimate of drug-likeness (QED) is 0.553. The summed E-state index contributed by atoms with van der Waals surface area (Å²) in [5.41, 5.74) is -8.74. The van der Waals surface area contributed by atoms with Gasteiger partial charge < -0.3 is 4.74 Å². The molecule has 0 heterocycles.